The molecule has 0 amide bonds. The highest BCUT2D eigenvalue weighted by atomic mass is 16.5. The van der Waals surface area contributed by atoms with Crippen LogP contribution < -0.4 is 9.47 Å². The Labute approximate surface area is 203 Å². The van der Waals surface area contributed by atoms with E-state index in [1.165, 1.54) is 32.1 Å². The lowest BCUT2D eigenvalue weighted by Gasteiger charge is -2.70. The summed E-state index contributed by atoms with van der Waals surface area (Å²) in [5.74, 6) is 2.11. The Kier molecular flexibility index (Phi) is 5.40. The second-order valence-corrected chi connectivity index (χ2v) is 11.8. The molecule has 2 aromatic rings. The highest BCUT2D eigenvalue weighted by molar-refractivity contribution is 5.52. The van der Waals surface area contributed by atoms with Crippen LogP contribution in [0.15, 0.2) is 36.4 Å². The van der Waals surface area contributed by atoms with Gasteiger partial charge in [0.2, 0.25) is 0 Å². The number of nitrogens with zero attached hydrogens (tertiary/aromatic N) is 2. The van der Waals surface area contributed by atoms with E-state index in [-0.39, 0.29) is 16.7 Å². The van der Waals surface area contributed by atoms with Gasteiger partial charge in [-0.1, -0.05) is 44.5 Å². The van der Waals surface area contributed by atoms with E-state index in [2.05, 4.69) is 38.1 Å². The summed E-state index contributed by atoms with van der Waals surface area (Å²) in [6, 6.07) is 12.7. The zero-order valence-electron chi connectivity index (χ0n) is 20.8. The van der Waals surface area contributed by atoms with Gasteiger partial charge in [-0.15, -0.1) is 10.5 Å². The van der Waals surface area contributed by atoms with Gasteiger partial charge in [0.15, 0.2) is 0 Å². The van der Waals surface area contributed by atoms with Crippen molar-refractivity contribution < 1.29 is 9.47 Å². The minimum absolute atomic E-state index is 0.161. The molecule has 176 valence electrons. The van der Waals surface area contributed by atoms with E-state index in [4.69, 9.17) is 9.47 Å². The first-order valence-corrected chi connectivity index (χ1v) is 12.6. The van der Waals surface area contributed by atoms with Gasteiger partial charge in [0.1, 0.15) is 11.5 Å². The first kappa shape index (κ1) is 22.8. The van der Waals surface area contributed by atoms with Crippen molar-refractivity contribution in [3.63, 3.8) is 0 Å². The molecule has 0 spiro atoms. The summed E-state index contributed by atoms with van der Waals surface area (Å²) in [5.41, 5.74) is 4.89. The van der Waals surface area contributed by atoms with E-state index >= 15 is 0 Å². The topological polar surface area (TPSA) is 66.0 Å². The Hall–Kier alpha value is -2.98. The zero-order valence-corrected chi connectivity index (χ0v) is 20.8. The number of nitriles is 2. The molecule has 0 saturated heterocycles. The lowest BCUT2D eigenvalue weighted by Crippen LogP contribution is -2.61. The molecule has 4 bridgehead atoms. The molecular weight excluding hydrogens is 420 g/mol. The smallest absolute Gasteiger partial charge is 0.292 e. The molecule has 2 aromatic carbocycles. The molecule has 4 saturated carbocycles. The van der Waals surface area contributed by atoms with Gasteiger partial charge in [-0.05, 0) is 92.4 Å². The van der Waals surface area contributed by atoms with Crippen molar-refractivity contribution in [1.82, 2.24) is 0 Å². The van der Waals surface area contributed by atoms with E-state index < -0.39 is 0 Å². The highest BCUT2D eigenvalue weighted by Crippen LogP contribution is 2.76. The van der Waals surface area contributed by atoms with Crippen LogP contribution in [0.4, 0.5) is 0 Å². The van der Waals surface area contributed by atoms with Crippen molar-refractivity contribution in [2.24, 2.45) is 16.7 Å². The maximum Gasteiger partial charge on any atom is 0.292 e. The van der Waals surface area contributed by atoms with Gasteiger partial charge in [0, 0.05) is 22.5 Å². The lowest BCUT2D eigenvalue weighted by molar-refractivity contribution is -0.137. The van der Waals surface area contributed by atoms with Crippen molar-refractivity contribution in [3.8, 4) is 24.0 Å². The summed E-state index contributed by atoms with van der Waals surface area (Å²) in [6.45, 7) is 8.87. The molecule has 34 heavy (non-hydrogen) atoms. The SMILES string of the molecule is CCCC12CC3CC(C)(C1)CC(c1ccc(C)cc1OC#N)(C2)C3c1ccc(C)cc1OC#N. The fraction of sp³-hybridized carbons (Fsp3) is 0.533. The third kappa shape index (κ3) is 3.47. The predicted octanol–water partition coefficient (Wildman–Crippen LogP) is 7.45. The molecule has 4 heteroatoms. The first-order valence-electron chi connectivity index (χ1n) is 12.6. The van der Waals surface area contributed by atoms with Gasteiger partial charge >= 0.3 is 0 Å². The summed E-state index contributed by atoms with van der Waals surface area (Å²) in [6.07, 6.45) is 12.2. The van der Waals surface area contributed by atoms with Crippen LogP contribution in [0.3, 0.4) is 0 Å². The fourth-order valence-corrected chi connectivity index (χ4v) is 8.91. The number of ether oxygens (including phenoxy) is 2. The standard InChI is InChI=1S/C30H34N2O2/c1-5-10-29-14-22-13-28(4,15-29)16-30(17-29,24-9-7-21(3)12-26(24)34-19-32)27(22)23-8-6-20(2)11-25(23)33-18-31/h6-9,11-12,22,27H,5,10,13-17H2,1-4H3. The Balaban J connectivity index is 1.77. The van der Waals surface area contributed by atoms with Crippen LogP contribution in [0.1, 0.15) is 87.0 Å². The number of rotatable bonds is 6. The predicted molar refractivity (Wildman–Crippen MR) is 131 cm³/mol. The van der Waals surface area contributed by atoms with Gasteiger partial charge in [0.25, 0.3) is 12.5 Å². The second-order valence-electron chi connectivity index (χ2n) is 11.8. The Morgan fingerprint density at radius 1 is 0.912 bits per heavy atom. The maximum atomic E-state index is 9.50. The molecule has 0 aliphatic heterocycles. The molecule has 0 N–H and O–H groups in total. The van der Waals surface area contributed by atoms with E-state index in [1.807, 2.05) is 38.5 Å². The summed E-state index contributed by atoms with van der Waals surface area (Å²) in [5, 5.41) is 18.9. The molecule has 0 heterocycles. The highest BCUT2D eigenvalue weighted by Gasteiger charge is 2.67. The van der Waals surface area contributed by atoms with Gasteiger partial charge in [-0.3, -0.25) is 0 Å². The summed E-state index contributed by atoms with van der Waals surface area (Å²) in [4.78, 5) is 0. The molecule has 4 aliphatic rings. The lowest BCUT2D eigenvalue weighted by atomic mass is 9.34. The van der Waals surface area contributed by atoms with E-state index in [0.29, 0.717) is 22.8 Å². The molecule has 5 atom stereocenters. The third-order valence-electron chi connectivity index (χ3n) is 9.02. The van der Waals surface area contributed by atoms with E-state index in [1.54, 1.807) is 0 Å². The van der Waals surface area contributed by atoms with Crippen molar-refractivity contribution >= 4 is 0 Å². The Bertz CT molecular complexity index is 1210. The average molecular weight is 455 g/mol. The van der Waals surface area contributed by atoms with Crippen molar-refractivity contribution in [1.29, 1.82) is 10.5 Å². The molecule has 6 rings (SSSR count). The summed E-state index contributed by atoms with van der Waals surface area (Å²) >= 11 is 0. The van der Waals surface area contributed by atoms with Crippen LogP contribution in [0.25, 0.3) is 0 Å². The van der Waals surface area contributed by atoms with Crippen LogP contribution in [0.2, 0.25) is 0 Å². The third-order valence-corrected chi connectivity index (χ3v) is 9.02. The second kappa shape index (κ2) is 8.06. The number of aryl methyl sites for hydroxylation is 2. The monoisotopic (exact) mass is 454 g/mol. The molecule has 0 aromatic heterocycles. The van der Waals surface area contributed by atoms with Crippen LogP contribution in [-0.4, -0.2) is 0 Å². The summed E-state index contributed by atoms with van der Waals surface area (Å²) < 4.78 is 11.2. The molecule has 5 unspecified atom stereocenters. The maximum absolute atomic E-state index is 9.50. The van der Waals surface area contributed by atoms with E-state index in [0.717, 1.165) is 35.1 Å². The molecule has 0 radical (unpaired) electrons. The molecular formula is C30H34N2O2. The number of benzene rings is 2. The van der Waals surface area contributed by atoms with Crippen molar-refractivity contribution in [3.05, 3.63) is 58.7 Å². The Morgan fingerprint density at radius 2 is 1.59 bits per heavy atom. The largest absolute Gasteiger partial charge is 0.388 e. The van der Waals surface area contributed by atoms with Crippen molar-refractivity contribution in [2.45, 2.75) is 84.0 Å². The van der Waals surface area contributed by atoms with Gasteiger partial charge in [-0.2, -0.15) is 0 Å². The molecule has 4 nitrogen and oxygen atoms in total. The number of hydrogen-bond donors (Lipinski definition) is 0. The van der Waals surface area contributed by atoms with Crippen LogP contribution in [0.5, 0.6) is 11.5 Å². The van der Waals surface area contributed by atoms with Gasteiger partial charge < -0.3 is 9.47 Å². The van der Waals surface area contributed by atoms with Crippen LogP contribution in [0, 0.1) is 53.6 Å². The zero-order chi connectivity index (χ0) is 24.1. The minimum atomic E-state index is -0.161. The Morgan fingerprint density at radius 3 is 2.29 bits per heavy atom. The van der Waals surface area contributed by atoms with Gasteiger partial charge in [-0.25, -0.2) is 0 Å². The van der Waals surface area contributed by atoms with E-state index in [9.17, 15) is 10.5 Å². The number of hydrogen-bond acceptors (Lipinski definition) is 4. The van der Waals surface area contributed by atoms with Gasteiger partial charge in [0.05, 0.1) is 0 Å². The first-order chi connectivity index (χ1) is 16.3. The molecule has 4 fully saturated rings. The quantitative estimate of drug-likeness (QED) is 0.425. The van der Waals surface area contributed by atoms with Crippen LogP contribution >= 0.6 is 0 Å². The minimum Gasteiger partial charge on any atom is -0.388 e. The van der Waals surface area contributed by atoms with Crippen LogP contribution in [-0.2, 0) is 5.41 Å². The summed E-state index contributed by atoms with van der Waals surface area (Å²) in [7, 11) is 0. The normalized spacial score (nSPS) is 33.2. The fourth-order valence-electron chi connectivity index (χ4n) is 8.91. The average Bonchev–Trinajstić information content (AvgIpc) is 2.74. The molecule has 4 aliphatic carbocycles. The van der Waals surface area contributed by atoms with Crippen molar-refractivity contribution in [2.75, 3.05) is 0 Å².